The van der Waals surface area contributed by atoms with Crippen LogP contribution in [0.2, 0.25) is 0 Å². The summed E-state index contributed by atoms with van der Waals surface area (Å²) in [5.74, 6) is 0. The van der Waals surface area contributed by atoms with Gasteiger partial charge in [0.2, 0.25) is 0 Å². The molecule has 0 unspecified atom stereocenters. The summed E-state index contributed by atoms with van der Waals surface area (Å²) in [7, 11) is 0. The van der Waals surface area contributed by atoms with Crippen LogP contribution in [0.15, 0.2) is 60.9 Å². The summed E-state index contributed by atoms with van der Waals surface area (Å²) >= 11 is 0.175. The molecule has 2 aromatic heterocycles. The molecule has 0 radical (unpaired) electrons. The SMILES string of the molecule is c1ccc(-c2cc(-c3cccnc3)[se]n2)cc1. The Balaban J connectivity index is 1.99. The summed E-state index contributed by atoms with van der Waals surface area (Å²) in [5, 5.41) is 0. The van der Waals surface area contributed by atoms with E-state index in [1.165, 1.54) is 15.6 Å². The molecule has 0 N–H and O–H groups in total. The Kier molecular flexibility index (Phi) is 2.86. The third kappa shape index (κ3) is 2.21. The minimum atomic E-state index is 0.175. The van der Waals surface area contributed by atoms with Crippen LogP contribution in [0.4, 0.5) is 0 Å². The molecule has 0 amide bonds. The second kappa shape index (κ2) is 4.66. The van der Waals surface area contributed by atoms with Gasteiger partial charge >= 0.3 is 106 Å². The number of rotatable bonds is 2. The summed E-state index contributed by atoms with van der Waals surface area (Å²) in [6, 6.07) is 16.5. The summed E-state index contributed by atoms with van der Waals surface area (Å²) < 4.78 is 5.92. The van der Waals surface area contributed by atoms with Crippen LogP contribution >= 0.6 is 0 Å². The molecule has 3 aromatic rings. The van der Waals surface area contributed by atoms with E-state index in [0.717, 1.165) is 5.69 Å². The van der Waals surface area contributed by atoms with Gasteiger partial charge in [0.1, 0.15) is 0 Å². The van der Waals surface area contributed by atoms with E-state index in [1.54, 1.807) is 6.20 Å². The van der Waals surface area contributed by atoms with Crippen molar-refractivity contribution in [3.63, 3.8) is 0 Å². The van der Waals surface area contributed by atoms with Crippen molar-refractivity contribution in [1.82, 2.24) is 8.96 Å². The van der Waals surface area contributed by atoms with Crippen LogP contribution in [0.5, 0.6) is 0 Å². The first-order valence-electron chi connectivity index (χ1n) is 5.36. The van der Waals surface area contributed by atoms with Crippen molar-refractivity contribution in [1.29, 1.82) is 0 Å². The van der Waals surface area contributed by atoms with Gasteiger partial charge < -0.3 is 0 Å². The molecular weight excluding hydrogens is 275 g/mol. The van der Waals surface area contributed by atoms with Crippen LogP contribution < -0.4 is 0 Å². The van der Waals surface area contributed by atoms with Crippen molar-refractivity contribution >= 4 is 14.7 Å². The van der Waals surface area contributed by atoms with Gasteiger partial charge in [0.05, 0.1) is 0 Å². The van der Waals surface area contributed by atoms with Gasteiger partial charge in [-0.25, -0.2) is 0 Å². The van der Waals surface area contributed by atoms with E-state index in [2.05, 4.69) is 33.2 Å². The van der Waals surface area contributed by atoms with Crippen molar-refractivity contribution in [3.8, 4) is 21.3 Å². The first-order valence-corrected chi connectivity index (χ1v) is 6.98. The maximum absolute atomic E-state index is 4.62. The fraction of sp³-hybridized carbons (Fsp3) is 0. The van der Waals surface area contributed by atoms with Gasteiger partial charge in [-0.2, -0.15) is 0 Å². The minimum absolute atomic E-state index is 0.175. The molecule has 0 aliphatic rings. The molecule has 2 nitrogen and oxygen atoms in total. The van der Waals surface area contributed by atoms with Crippen LogP contribution in [0.25, 0.3) is 21.3 Å². The van der Waals surface area contributed by atoms with Crippen LogP contribution in [0, 0.1) is 0 Å². The molecule has 0 spiro atoms. The molecule has 0 aliphatic carbocycles. The molecule has 2 heterocycles. The van der Waals surface area contributed by atoms with Crippen molar-refractivity contribution < 1.29 is 0 Å². The topological polar surface area (TPSA) is 25.8 Å². The third-order valence-electron chi connectivity index (χ3n) is 2.53. The molecule has 3 heteroatoms. The van der Waals surface area contributed by atoms with E-state index < -0.39 is 0 Å². The van der Waals surface area contributed by atoms with Gasteiger partial charge in [-0.15, -0.1) is 0 Å². The zero-order valence-electron chi connectivity index (χ0n) is 9.08. The Hall–Kier alpha value is -1.70. The molecule has 0 bridgehead atoms. The molecule has 17 heavy (non-hydrogen) atoms. The quantitative estimate of drug-likeness (QED) is 0.677. The average molecular weight is 285 g/mol. The van der Waals surface area contributed by atoms with Gasteiger partial charge in [0, 0.05) is 0 Å². The van der Waals surface area contributed by atoms with E-state index in [-0.39, 0.29) is 14.7 Å². The van der Waals surface area contributed by atoms with E-state index >= 15 is 0 Å². The second-order valence-corrected chi connectivity index (χ2v) is 5.37. The predicted octanol–water partition coefficient (Wildman–Crippen LogP) is 2.87. The Morgan fingerprint density at radius 3 is 2.47 bits per heavy atom. The van der Waals surface area contributed by atoms with Crippen LogP contribution in [0.1, 0.15) is 0 Å². The third-order valence-corrected chi connectivity index (χ3v) is 4.28. The average Bonchev–Trinajstić information content (AvgIpc) is 2.90. The zero-order valence-corrected chi connectivity index (χ0v) is 10.8. The molecule has 3 rings (SSSR count). The summed E-state index contributed by atoms with van der Waals surface area (Å²) in [6.07, 6.45) is 3.70. The fourth-order valence-electron chi connectivity index (χ4n) is 1.66. The molecule has 1 aromatic carbocycles. The molecule has 82 valence electrons. The van der Waals surface area contributed by atoms with Crippen LogP contribution in [-0.2, 0) is 0 Å². The normalized spacial score (nSPS) is 10.4. The summed E-state index contributed by atoms with van der Waals surface area (Å²) in [4.78, 5) is 4.15. The van der Waals surface area contributed by atoms with Crippen molar-refractivity contribution in [2.75, 3.05) is 0 Å². The van der Waals surface area contributed by atoms with Gasteiger partial charge in [-0.05, 0) is 0 Å². The maximum atomic E-state index is 4.62. The number of hydrogen-bond donors (Lipinski definition) is 0. The van der Waals surface area contributed by atoms with Gasteiger partial charge in [0.25, 0.3) is 0 Å². The number of benzene rings is 1. The monoisotopic (exact) mass is 286 g/mol. The van der Waals surface area contributed by atoms with Crippen molar-refractivity contribution in [2.24, 2.45) is 0 Å². The molecule has 0 saturated carbocycles. The number of aromatic nitrogens is 2. The number of hydrogen-bond acceptors (Lipinski definition) is 2. The fourth-order valence-corrected chi connectivity index (χ4v) is 3.23. The van der Waals surface area contributed by atoms with Crippen molar-refractivity contribution in [3.05, 3.63) is 60.9 Å². The first kappa shape index (κ1) is 10.5. The van der Waals surface area contributed by atoms with Gasteiger partial charge in [0.15, 0.2) is 0 Å². The van der Waals surface area contributed by atoms with Gasteiger partial charge in [-0.3, -0.25) is 0 Å². The molecule has 0 atom stereocenters. The zero-order chi connectivity index (χ0) is 11.5. The predicted molar refractivity (Wildman–Crippen MR) is 69.8 cm³/mol. The standard InChI is InChI=1S/C14H10N2Se/c1-2-5-11(6-3-1)13-9-14(17-16-13)12-7-4-8-15-10-12/h1-10H. The number of nitrogens with zero attached hydrogens (tertiary/aromatic N) is 2. The van der Waals surface area contributed by atoms with Gasteiger partial charge in [-0.1, -0.05) is 0 Å². The Bertz CT molecular complexity index is 548. The molecule has 0 fully saturated rings. The van der Waals surface area contributed by atoms with E-state index in [0.29, 0.717) is 0 Å². The van der Waals surface area contributed by atoms with E-state index in [9.17, 15) is 0 Å². The van der Waals surface area contributed by atoms with Crippen LogP contribution in [0.3, 0.4) is 0 Å². The Morgan fingerprint density at radius 2 is 1.71 bits per heavy atom. The van der Waals surface area contributed by atoms with Crippen molar-refractivity contribution in [2.45, 2.75) is 0 Å². The molecule has 0 saturated heterocycles. The summed E-state index contributed by atoms with van der Waals surface area (Å²) in [5.41, 5.74) is 3.46. The molecular formula is C14H10N2Se. The van der Waals surface area contributed by atoms with Crippen LogP contribution in [-0.4, -0.2) is 23.7 Å². The summed E-state index contributed by atoms with van der Waals surface area (Å²) in [6.45, 7) is 0. The number of pyridine rings is 1. The van der Waals surface area contributed by atoms with E-state index in [1.807, 2.05) is 30.5 Å². The Labute approximate surface area is 106 Å². The second-order valence-electron chi connectivity index (χ2n) is 3.68. The van der Waals surface area contributed by atoms with E-state index in [4.69, 9.17) is 0 Å². The first-order chi connectivity index (χ1) is 8.43. The Morgan fingerprint density at radius 1 is 0.882 bits per heavy atom. The molecule has 0 aliphatic heterocycles.